The van der Waals surface area contributed by atoms with Gasteiger partial charge in [0.05, 0.1) is 4.90 Å². The average molecular weight is 322 g/mol. The molecule has 22 heavy (non-hydrogen) atoms. The second-order valence-electron chi connectivity index (χ2n) is 5.39. The molecule has 118 valence electrons. The van der Waals surface area contributed by atoms with E-state index in [1.54, 1.807) is 24.3 Å². The van der Waals surface area contributed by atoms with Crippen molar-refractivity contribution in [3.05, 3.63) is 53.8 Å². The fraction of sp³-hybridized carbons (Fsp3) is 0.250. The Morgan fingerprint density at radius 2 is 1.59 bits per heavy atom. The van der Waals surface area contributed by atoms with Crippen LogP contribution in [0.15, 0.2) is 47.4 Å². The van der Waals surface area contributed by atoms with E-state index in [0.717, 1.165) is 11.8 Å². The molecule has 2 aromatic rings. The van der Waals surface area contributed by atoms with Crippen LogP contribution in [0.1, 0.15) is 19.4 Å². The quantitative estimate of drug-likeness (QED) is 0.881. The van der Waals surface area contributed by atoms with Crippen LogP contribution in [0.3, 0.4) is 0 Å². The molecule has 2 aromatic carbocycles. The zero-order chi connectivity index (χ0) is 16.3. The molecular formula is C16H19FN2O2S. The van der Waals surface area contributed by atoms with Gasteiger partial charge in [0, 0.05) is 17.4 Å². The third-order valence-corrected chi connectivity index (χ3v) is 4.41. The Balaban J connectivity index is 2.19. The van der Waals surface area contributed by atoms with Gasteiger partial charge < -0.3 is 5.32 Å². The summed E-state index contributed by atoms with van der Waals surface area (Å²) in [4.78, 5) is 0.0378. The predicted molar refractivity (Wildman–Crippen MR) is 87.1 cm³/mol. The maximum Gasteiger partial charge on any atom is 0.261 e. The predicted octanol–water partition coefficient (Wildman–Crippen LogP) is 3.76. The molecule has 0 aliphatic heterocycles. The Bertz CT molecular complexity index is 756. The van der Waals surface area contributed by atoms with Crippen LogP contribution >= 0.6 is 0 Å². The van der Waals surface area contributed by atoms with Gasteiger partial charge in [-0.1, -0.05) is 0 Å². The summed E-state index contributed by atoms with van der Waals surface area (Å²) in [6, 6.07) is 11.0. The van der Waals surface area contributed by atoms with Crippen LogP contribution in [0.25, 0.3) is 0 Å². The van der Waals surface area contributed by atoms with Crippen molar-refractivity contribution in [1.82, 2.24) is 0 Å². The number of halogens is 1. The highest BCUT2D eigenvalue weighted by Gasteiger charge is 2.15. The van der Waals surface area contributed by atoms with E-state index >= 15 is 0 Å². The first-order chi connectivity index (χ1) is 10.3. The largest absolute Gasteiger partial charge is 0.383 e. The second kappa shape index (κ2) is 6.36. The van der Waals surface area contributed by atoms with Crippen LogP contribution in [0.2, 0.25) is 0 Å². The molecule has 0 spiro atoms. The van der Waals surface area contributed by atoms with Gasteiger partial charge in [0.25, 0.3) is 10.0 Å². The minimum atomic E-state index is -3.73. The topological polar surface area (TPSA) is 58.2 Å². The number of nitrogens with one attached hydrogen (secondary N) is 2. The van der Waals surface area contributed by atoms with E-state index in [4.69, 9.17) is 0 Å². The van der Waals surface area contributed by atoms with Crippen molar-refractivity contribution in [2.24, 2.45) is 0 Å². The Morgan fingerprint density at radius 3 is 2.14 bits per heavy atom. The van der Waals surface area contributed by atoms with Gasteiger partial charge in [0.2, 0.25) is 0 Å². The van der Waals surface area contributed by atoms with Crippen LogP contribution in [-0.2, 0) is 10.0 Å². The number of hydrogen-bond donors (Lipinski definition) is 2. The minimum Gasteiger partial charge on any atom is -0.383 e. The van der Waals surface area contributed by atoms with Crippen molar-refractivity contribution in [2.45, 2.75) is 31.7 Å². The van der Waals surface area contributed by atoms with Crippen molar-refractivity contribution >= 4 is 21.4 Å². The molecule has 0 fully saturated rings. The minimum absolute atomic E-state index is 0.0378. The Kier molecular flexibility index (Phi) is 4.71. The number of sulfonamides is 1. The molecule has 0 heterocycles. The van der Waals surface area contributed by atoms with E-state index in [2.05, 4.69) is 10.0 Å². The highest BCUT2D eigenvalue weighted by Crippen LogP contribution is 2.20. The van der Waals surface area contributed by atoms with E-state index in [-0.39, 0.29) is 4.90 Å². The van der Waals surface area contributed by atoms with Crippen molar-refractivity contribution in [2.75, 3.05) is 10.0 Å². The Hall–Kier alpha value is -2.08. The lowest BCUT2D eigenvalue weighted by Crippen LogP contribution is -2.13. The van der Waals surface area contributed by atoms with Crippen LogP contribution in [0.5, 0.6) is 0 Å². The van der Waals surface area contributed by atoms with Crippen LogP contribution in [0.4, 0.5) is 15.8 Å². The van der Waals surface area contributed by atoms with Crippen LogP contribution in [-0.4, -0.2) is 14.5 Å². The Labute approximate surface area is 130 Å². The van der Waals surface area contributed by atoms with E-state index in [1.165, 1.54) is 19.1 Å². The first-order valence-electron chi connectivity index (χ1n) is 6.93. The summed E-state index contributed by atoms with van der Waals surface area (Å²) in [5.41, 5.74) is 1.66. The van der Waals surface area contributed by atoms with Gasteiger partial charge >= 0.3 is 0 Å². The van der Waals surface area contributed by atoms with Gasteiger partial charge in [-0.25, -0.2) is 12.8 Å². The lowest BCUT2D eigenvalue weighted by Gasteiger charge is -2.12. The molecule has 0 aliphatic carbocycles. The van der Waals surface area contributed by atoms with E-state index < -0.39 is 15.8 Å². The fourth-order valence-corrected chi connectivity index (χ4v) is 3.11. The lowest BCUT2D eigenvalue weighted by molar-refractivity contribution is 0.598. The molecule has 0 bridgehead atoms. The molecule has 0 aromatic heterocycles. The average Bonchev–Trinajstić information content (AvgIpc) is 2.43. The second-order valence-corrected chi connectivity index (χ2v) is 7.08. The van der Waals surface area contributed by atoms with Crippen molar-refractivity contribution in [1.29, 1.82) is 0 Å². The van der Waals surface area contributed by atoms with E-state index in [0.29, 0.717) is 17.3 Å². The Morgan fingerprint density at radius 1 is 1.00 bits per heavy atom. The number of aryl methyl sites for hydroxylation is 1. The van der Waals surface area contributed by atoms with Gasteiger partial charge in [-0.3, -0.25) is 4.72 Å². The number of hydrogen-bond acceptors (Lipinski definition) is 3. The standard InChI is InChI=1S/C16H19FN2O2S/c1-11(2)18-13-4-6-14(7-5-13)19-22(20,21)15-8-9-16(17)12(3)10-15/h4-11,18-19H,1-3H3. The first-order valence-corrected chi connectivity index (χ1v) is 8.42. The maximum absolute atomic E-state index is 13.2. The molecule has 4 nitrogen and oxygen atoms in total. The summed E-state index contributed by atoms with van der Waals surface area (Å²) in [5.74, 6) is -0.428. The molecule has 0 radical (unpaired) electrons. The van der Waals surface area contributed by atoms with Crippen molar-refractivity contribution in [3.63, 3.8) is 0 Å². The molecule has 0 saturated heterocycles. The zero-order valence-corrected chi connectivity index (χ0v) is 13.5. The van der Waals surface area contributed by atoms with Crippen molar-refractivity contribution in [3.8, 4) is 0 Å². The monoisotopic (exact) mass is 322 g/mol. The normalized spacial score (nSPS) is 11.5. The molecular weight excluding hydrogens is 303 g/mol. The summed E-state index contributed by atoms with van der Waals surface area (Å²) < 4.78 is 40.3. The summed E-state index contributed by atoms with van der Waals surface area (Å²) in [5, 5.41) is 3.22. The third-order valence-electron chi connectivity index (χ3n) is 3.03. The van der Waals surface area contributed by atoms with Gasteiger partial charge in [0.1, 0.15) is 5.82 Å². The lowest BCUT2D eigenvalue weighted by atomic mass is 10.2. The maximum atomic E-state index is 13.2. The van der Waals surface area contributed by atoms with Gasteiger partial charge in [-0.05, 0) is 68.8 Å². The fourth-order valence-electron chi connectivity index (χ4n) is 1.97. The molecule has 2 rings (SSSR count). The summed E-state index contributed by atoms with van der Waals surface area (Å²) >= 11 is 0. The number of rotatable bonds is 5. The number of anilines is 2. The third kappa shape index (κ3) is 3.98. The highest BCUT2D eigenvalue weighted by molar-refractivity contribution is 7.92. The summed E-state index contributed by atoms with van der Waals surface area (Å²) in [6.07, 6.45) is 0. The smallest absolute Gasteiger partial charge is 0.261 e. The van der Waals surface area contributed by atoms with Crippen LogP contribution in [0, 0.1) is 12.7 Å². The van der Waals surface area contributed by atoms with E-state index in [9.17, 15) is 12.8 Å². The van der Waals surface area contributed by atoms with Crippen LogP contribution < -0.4 is 10.0 Å². The van der Waals surface area contributed by atoms with Gasteiger partial charge in [-0.15, -0.1) is 0 Å². The molecule has 6 heteroatoms. The molecule has 0 atom stereocenters. The van der Waals surface area contributed by atoms with E-state index in [1.807, 2.05) is 13.8 Å². The van der Waals surface area contributed by atoms with Crippen molar-refractivity contribution < 1.29 is 12.8 Å². The van der Waals surface area contributed by atoms with Gasteiger partial charge in [0.15, 0.2) is 0 Å². The molecule has 2 N–H and O–H groups in total. The molecule has 0 amide bonds. The zero-order valence-electron chi connectivity index (χ0n) is 12.7. The highest BCUT2D eigenvalue weighted by atomic mass is 32.2. The SMILES string of the molecule is Cc1cc(S(=O)(=O)Nc2ccc(NC(C)C)cc2)ccc1F. The number of benzene rings is 2. The molecule has 0 unspecified atom stereocenters. The first kappa shape index (κ1) is 16.3. The summed E-state index contributed by atoms with van der Waals surface area (Å²) in [7, 11) is -3.73. The molecule has 0 saturated carbocycles. The van der Waals surface area contributed by atoms with Gasteiger partial charge in [-0.2, -0.15) is 0 Å². The molecule has 0 aliphatic rings. The summed E-state index contributed by atoms with van der Waals surface area (Å²) in [6.45, 7) is 5.57.